The summed E-state index contributed by atoms with van der Waals surface area (Å²) >= 11 is 0. The molecule has 1 unspecified atom stereocenters. The summed E-state index contributed by atoms with van der Waals surface area (Å²) < 4.78 is 4.58. The first-order valence-electron chi connectivity index (χ1n) is 5.01. The number of ether oxygens (including phenoxy) is 1. The summed E-state index contributed by atoms with van der Waals surface area (Å²) in [6.45, 7) is 4.37. The average Bonchev–Trinajstić information content (AvgIpc) is 2.22. The SMILES string of the molecule is CNC(CNCC(=O)C(C)C)C(=O)OC. The average molecular weight is 216 g/mol. The molecule has 0 saturated heterocycles. The number of rotatable bonds is 7. The second-order valence-corrected chi connectivity index (χ2v) is 3.62. The van der Waals surface area contributed by atoms with E-state index in [2.05, 4.69) is 15.4 Å². The summed E-state index contributed by atoms with van der Waals surface area (Å²) in [7, 11) is 3.01. The first-order chi connectivity index (χ1) is 7.02. The maximum Gasteiger partial charge on any atom is 0.324 e. The van der Waals surface area contributed by atoms with Crippen LogP contribution in [0.15, 0.2) is 0 Å². The molecule has 0 aromatic heterocycles. The number of carbonyl (C=O) groups is 2. The maximum atomic E-state index is 11.3. The molecule has 0 rings (SSSR count). The lowest BCUT2D eigenvalue weighted by atomic mass is 10.1. The summed E-state index contributed by atoms with van der Waals surface area (Å²) in [6, 6.07) is -0.407. The summed E-state index contributed by atoms with van der Waals surface area (Å²) in [5.41, 5.74) is 0. The van der Waals surface area contributed by atoms with Gasteiger partial charge in [-0.2, -0.15) is 0 Å². The van der Waals surface area contributed by atoms with Gasteiger partial charge in [-0.3, -0.25) is 9.59 Å². The Morgan fingerprint density at radius 1 is 1.33 bits per heavy atom. The fourth-order valence-electron chi connectivity index (χ4n) is 0.989. The second kappa shape index (κ2) is 7.36. The zero-order valence-corrected chi connectivity index (χ0v) is 9.79. The number of Topliss-reactive ketones (excluding diaryl/α,β-unsaturated/α-hetero) is 1. The third-order valence-corrected chi connectivity index (χ3v) is 2.13. The van der Waals surface area contributed by atoms with E-state index >= 15 is 0 Å². The van der Waals surface area contributed by atoms with Gasteiger partial charge in [-0.05, 0) is 7.05 Å². The predicted octanol–water partition coefficient (Wildman–Crippen LogP) is -0.438. The molecule has 0 fully saturated rings. The normalized spacial score (nSPS) is 12.6. The largest absolute Gasteiger partial charge is 0.468 e. The van der Waals surface area contributed by atoms with Gasteiger partial charge in [0.25, 0.3) is 0 Å². The Balaban J connectivity index is 3.82. The molecule has 1 atom stereocenters. The van der Waals surface area contributed by atoms with Gasteiger partial charge in [0, 0.05) is 12.5 Å². The van der Waals surface area contributed by atoms with E-state index in [-0.39, 0.29) is 24.2 Å². The van der Waals surface area contributed by atoms with Crippen molar-refractivity contribution < 1.29 is 14.3 Å². The molecule has 0 saturated carbocycles. The highest BCUT2D eigenvalue weighted by atomic mass is 16.5. The van der Waals surface area contributed by atoms with Crippen molar-refractivity contribution >= 4 is 11.8 Å². The van der Waals surface area contributed by atoms with Crippen LogP contribution in [0.5, 0.6) is 0 Å². The fraction of sp³-hybridized carbons (Fsp3) is 0.800. The lowest BCUT2D eigenvalue weighted by Crippen LogP contribution is -2.44. The molecule has 15 heavy (non-hydrogen) atoms. The van der Waals surface area contributed by atoms with Crippen molar-refractivity contribution in [3.05, 3.63) is 0 Å². The van der Waals surface area contributed by atoms with Crippen LogP contribution in [0.3, 0.4) is 0 Å². The molecule has 0 aliphatic carbocycles. The molecule has 0 aliphatic rings. The van der Waals surface area contributed by atoms with Crippen LogP contribution in [0.1, 0.15) is 13.8 Å². The highest BCUT2D eigenvalue weighted by Gasteiger charge is 2.16. The first kappa shape index (κ1) is 14.1. The smallest absolute Gasteiger partial charge is 0.324 e. The highest BCUT2D eigenvalue weighted by molar-refractivity contribution is 5.82. The molecule has 5 nitrogen and oxygen atoms in total. The Morgan fingerprint density at radius 3 is 2.33 bits per heavy atom. The van der Waals surface area contributed by atoms with Gasteiger partial charge in [-0.1, -0.05) is 13.8 Å². The molecule has 0 aliphatic heterocycles. The van der Waals surface area contributed by atoms with Gasteiger partial charge in [0.2, 0.25) is 0 Å². The maximum absolute atomic E-state index is 11.3. The zero-order valence-electron chi connectivity index (χ0n) is 9.79. The van der Waals surface area contributed by atoms with Crippen LogP contribution in [-0.4, -0.2) is 45.0 Å². The Morgan fingerprint density at radius 2 is 1.93 bits per heavy atom. The molecule has 0 spiro atoms. The highest BCUT2D eigenvalue weighted by Crippen LogP contribution is 1.92. The molecule has 5 heteroatoms. The van der Waals surface area contributed by atoms with Gasteiger partial charge in [0.15, 0.2) is 0 Å². The Labute approximate surface area is 90.6 Å². The van der Waals surface area contributed by atoms with E-state index in [1.54, 1.807) is 7.05 Å². The first-order valence-corrected chi connectivity index (χ1v) is 5.01. The number of hydrogen-bond acceptors (Lipinski definition) is 5. The van der Waals surface area contributed by atoms with Crippen LogP contribution in [0, 0.1) is 5.92 Å². The van der Waals surface area contributed by atoms with Crippen LogP contribution >= 0.6 is 0 Å². The Kier molecular flexibility index (Phi) is 6.90. The molecule has 0 heterocycles. The number of ketones is 1. The molecule has 0 radical (unpaired) electrons. The van der Waals surface area contributed by atoms with Crippen LogP contribution in [0.4, 0.5) is 0 Å². The van der Waals surface area contributed by atoms with Crippen LogP contribution < -0.4 is 10.6 Å². The van der Waals surface area contributed by atoms with Crippen molar-refractivity contribution in [2.45, 2.75) is 19.9 Å². The monoisotopic (exact) mass is 216 g/mol. The van der Waals surface area contributed by atoms with Gasteiger partial charge < -0.3 is 15.4 Å². The van der Waals surface area contributed by atoms with E-state index in [9.17, 15) is 9.59 Å². The zero-order chi connectivity index (χ0) is 11.8. The second-order valence-electron chi connectivity index (χ2n) is 3.62. The number of esters is 1. The van der Waals surface area contributed by atoms with Gasteiger partial charge in [0.1, 0.15) is 11.8 Å². The molecule has 0 aromatic carbocycles. The molecule has 0 aromatic rings. The minimum absolute atomic E-state index is 0.0173. The molecular weight excluding hydrogens is 196 g/mol. The Bertz CT molecular complexity index is 217. The van der Waals surface area contributed by atoms with E-state index in [0.717, 1.165) is 0 Å². The van der Waals surface area contributed by atoms with Crippen molar-refractivity contribution in [3.63, 3.8) is 0 Å². The lowest BCUT2D eigenvalue weighted by Gasteiger charge is -2.14. The minimum atomic E-state index is -0.407. The van der Waals surface area contributed by atoms with Crippen LogP contribution in [0.2, 0.25) is 0 Å². The van der Waals surface area contributed by atoms with E-state index in [0.29, 0.717) is 6.54 Å². The molecular formula is C10H20N2O3. The van der Waals surface area contributed by atoms with Crippen molar-refractivity contribution in [2.75, 3.05) is 27.2 Å². The summed E-state index contributed by atoms with van der Waals surface area (Å²) in [5.74, 6) is -0.180. The van der Waals surface area contributed by atoms with Gasteiger partial charge in [0.05, 0.1) is 13.7 Å². The third-order valence-electron chi connectivity index (χ3n) is 2.13. The van der Waals surface area contributed by atoms with E-state index in [4.69, 9.17) is 0 Å². The fourth-order valence-corrected chi connectivity index (χ4v) is 0.989. The topological polar surface area (TPSA) is 67.4 Å². The number of carbonyl (C=O) groups excluding carboxylic acids is 2. The standard InChI is InChI=1S/C10H20N2O3/c1-7(2)9(13)6-12-5-8(11-3)10(14)15-4/h7-8,11-12H,5-6H2,1-4H3. The number of methoxy groups -OCH3 is 1. The lowest BCUT2D eigenvalue weighted by molar-refractivity contribution is -0.143. The van der Waals surface area contributed by atoms with Gasteiger partial charge in [-0.25, -0.2) is 0 Å². The quantitative estimate of drug-likeness (QED) is 0.565. The van der Waals surface area contributed by atoms with Crippen LogP contribution in [-0.2, 0) is 14.3 Å². The van der Waals surface area contributed by atoms with Crippen molar-refractivity contribution in [3.8, 4) is 0 Å². The minimum Gasteiger partial charge on any atom is -0.468 e. The van der Waals surface area contributed by atoms with Crippen molar-refractivity contribution in [1.82, 2.24) is 10.6 Å². The number of nitrogens with one attached hydrogen (secondary N) is 2. The van der Waals surface area contributed by atoms with E-state index < -0.39 is 6.04 Å². The molecule has 88 valence electrons. The van der Waals surface area contributed by atoms with Crippen molar-refractivity contribution in [2.24, 2.45) is 5.92 Å². The van der Waals surface area contributed by atoms with Crippen molar-refractivity contribution in [1.29, 1.82) is 0 Å². The number of likely N-dealkylation sites (N-methyl/N-ethyl adjacent to an activating group) is 1. The van der Waals surface area contributed by atoms with Crippen LogP contribution in [0.25, 0.3) is 0 Å². The molecule has 0 amide bonds. The third kappa shape index (κ3) is 5.49. The van der Waals surface area contributed by atoms with Gasteiger partial charge >= 0.3 is 5.97 Å². The summed E-state index contributed by atoms with van der Waals surface area (Å²) in [5, 5.41) is 5.73. The molecule has 0 bridgehead atoms. The van der Waals surface area contributed by atoms with E-state index in [1.165, 1.54) is 7.11 Å². The number of hydrogen-bond donors (Lipinski definition) is 2. The summed E-state index contributed by atoms with van der Waals surface area (Å²) in [6.07, 6.45) is 0. The predicted molar refractivity (Wildman–Crippen MR) is 57.6 cm³/mol. The van der Waals surface area contributed by atoms with E-state index in [1.807, 2.05) is 13.8 Å². The Hall–Kier alpha value is -0.940. The van der Waals surface area contributed by atoms with Gasteiger partial charge in [-0.15, -0.1) is 0 Å². The summed E-state index contributed by atoms with van der Waals surface area (Å²) in [4.78, 5) is 22.4. The molecule has 2 N–H and O–H groups in total.